The van der Waals surface area contributed by atoms with Crippen molar-refractivity contribution < 1.29 is 18.4 Å². The Morgan fingerprint density at radius 1 is 1.15 bits per heavy atom. The molecule has 0 radical (unpaired) electrons. The average molecular weight is 450 g/mol. The number of fused-ring (bicyclic) bond motifs is 1. The molecule has 0 saturated carbocycles. The molecule has 2 aromatic heterocycles. The Kier molecular flexibility index (Phi) is 5.55. The van der Waals surface area contributed by atoms with Crippen LogP contribution in [0.4, 0.5) is 10.1 Å². The number of anilines is 1. The van der Waals surface area contributed by atoms with Crippen molar-refractivity contribution in [3.63, 3.8) is 0 Å². The summed E-state index contributed by atoms with van der Waals surface area (Å²) in [6.45, 7) is 4.78. The first-order chi connectivity index (χ1) is 16.0. The lowest BCUT2D eigenvalue weighted by Gasteiger charge is -2.29. The second-order valence-electron chi connectivity index (χ2n) is 7.78. The van der Waals surface area contributed by atoms with Crippen molar-refractivity contribution in [1.82, 2.24) is 14.7 Å². The molecule has 1 aliphatic rings. The van der Waals surface area contributed by atoms with E-state index < -0.39 is 5.82 Å². The van der Waals surface area contributed by atoms with E-state index in [1.807, 2.05) is 36.1 Å². The lowest BCUT2D eigenvalue weighted by Crippen LogP contribution is -2.36. The van der Waals surface area contributed by atoms with Crippen molar-refractivity contribution in [2.24, 2.45) is 7.05 Å². The Labute approximate surface area is 189 Å². The highest BCUT2D eigenvalue weighted by molar-refractivity contribution is 5.86. The minimum absolute atomic E-state index is 0.0825. The van der Waals surface area contributed by atoms with Crippen LogP contribution in [0.1, 0.15) is 6.92 Å². The van der Waals surface area contributed by atoms with Gasteiger partial charge in [0, 0.05) is 37.3 Å². The molecule has 33 heavy (non-hydrogen) atoms. The normalized spacial score (nSPS) is 14.1. The third kappa shape index (κ3) is 3.95. The highest BCUT2D eigenvalue weighted by atomic mass is 19.1. The summed E-state index contributed by atoms with van der Waals surface area (Å²) >= 11 is 0. The molecule has 4 aromatic rings. The first kappa shape index (κ1) is 21.1. The summed E-state index contributed by atoms with van der Waals surface area (Å²) in [6.07, 6.45) is 1.64. The van der Waals surface area contributed by atoms with Gasteiger partial charge >= 0.3 is 0 Å². The van der Waals surface area contributed by atoms with Gasteiger partial charge in [0.25, 0.3) is 5.89 Å². The fourth-order valence-corrected chi connectivity index (χ4v) is 4.01. The van der Waals surface area contributed by atoms with Gasteiger partial charge in [0.1, 0.15) is 17.1 Å². The molecule has 1 saturated heterocycles. The largest absolute Gasteiger partial charge is 0.494 e. The fraction of sp³-hybridized carbons (Fsp3) is 0.292. The molecular formula is C24H23FN4O4. The molecule has 0 unspecified atom stereocenters. The topological polar surface area (TPSA) is 82.6 Å². The molecule has 170 valence electrons. The summed E-state index contributed by atoms with van der Waals surface area (Å²) in [4.78, 5) is 19.6. The van der Waals surface area contributed by atoms with Gasteiger partial charge in [-0.2, -0.15) is 4.98 Å². The lowest BCUT2D eigenvalue weighted by atomic mass is 10.1. The number of rotatable bonds is 5. The quantitative estimate of drug-likeness (QED) is 0.459. The zero-order valence-electron chi connectivity index (χ0n) is 18.4. The fourth-order valence-electron chi connectivity index (χ4n) is 4.01. The van der Waals surface area contributed by atoms with Crippen LogP contribution in [0.5, 0.6) is 5.75 Å². The second-order valence-corrected chi connectivity index (χ2v) is 7.78. The highest BCUT2D eigenvalue weighted by Crippen LogP contribution is 2.28. The highest BCUT2D eigenvalue weighted by Gasteiger charge is 2.21. The van der Waals surface area contributed by atoms with Crippen LogP contribution in [0.2, 0.25) is 0 Å². The number of benzene rings is 2. The molecule has 0 aliphatic carbocycles. The van der Waals surface area contributed by atoms with Crippen LogP contribution in [-0.2, 0) is 11.8 Å². The van der Waals surface area contributed by atoms with Gasteiger partial charge in [-0.25, -0.2) is 4.39 Å². The van der Waals surface area contributed by atoms with E-state index in [0.29, 0.717) is 49.9 Å². The molecule has 0 N–H and O–H groups in total. The zero-order chi connectivity index (χ0) is 22.9. The van der Waals surface area contributed by atoms with Gasteiger partial charge in [0.2, 0.25) is 11.3 Å². The SMILES string of the molecule is CCOc1ccc(-c2noc(-c3cn(C)c4cc(N5CCOCC5)c(F)cc4c3=O)n2)cc1. The van der Waals surface area contributed by atoms with E-state index in [1.165, 1.54) is 6.07 Å². The van der Waals surface area contributed by atoms with Crippen LogP contribution in [0.15, 0.2) is 51.9 Å². The lowest BCUT2D eigenvalue weighted by molar-refractivity contribution is 0.122. The van der Waals surface area contributed by atoms with E-state index in [9.17, 15) is 9.18 Å². The van der Waals surface area contributed by atoms with Gasteiger partial charge in [-0.1, -0.05) is 5.16 Å². The number of pyridine rings is 1. The van der Waals surface area contributed by atoms with Crippen LogP contribution >= 0.6 is 0 Å². The van der Waals surface area contributed by atoms with Crippen LogP contribution < -0.4 is 15.1 Å². The maximum Gasteiger partial charge on any atom is 0.263 e. The van der Waals surface area contributed by atoms with Crippen LogP contribution in [0.3, 0.4) is 0 Å². The number of aryl methyl sites for hydroxylation is 1. The number of nitrogens with zero attached hydrogens (tertiary/aromatic N) is 4. The summed E-state index contributed by atoms with van der Waals surface area (Å²) in [5.41, 5.74) is 1.67. The Balaban J connectivity index is 1.53. The third-order valence-corrected chi connectivity index (χ3v) is 5.69. The van der Waals surface area contributed by atoms with Crippen LogP contribution in [0.25, 0.3) is 33.7 Å². The predicted octanol–water partition coefficient (Wildman–Crippen LogP) is 3.63. The second kappa shape index (κ2) is 8.67. The van der Waals surface area contributed by atoms with Gasteiger partial charge in [0.05, 0.1) is 31.0 Å². The molecular weight excluding hydrogens is 427 g/mol. The molecule has 0 atom stereocenters. The summed E-state index contributed by atoms with van der Waals surface area (Å²) in [6, 6.07) is 10.3. The molecule has 1 aliphatic heterocycles. The first-order valence-electron chi connectivity index (χ1n) is 10.8. The maximum atomic E-state index is 15.0. The standard InChI is InChI=1S/C24H23FN4O4/c1-3-32-16-6-4-15(5-7-16)23-26-24(33-27-23)18-14-28(2)20-13-21(29-8-10-31-11-9-29)19(25)12-17(20)22(18)30/h4-7,12-14H,3,8-11H2,1-2H3. The number of ether oxygens (including phenoxy) is 2. The number of hydrogen-bond acceptors (Lipinski definition) is 7. The van der Waals surface area contributed by atoms with Gasteiger partial charge in [-0.05, 0) is 43.3 Å². The van der Waals surface area contributed by atoms with Crippen molar-refractivity contribution in [1.29, 1.82) is 0 Å². The van der Waals surface area contributed by atoms with Gasteiger partial charge in [0.15, 0.2) is 0 Å². The smallest absolute Gasteiger partial charge is 0.263 e. The summed E-state index contributed by atoms with van der Waals surface area (Å²) in [7, 11) is 1.80. The first-order valence-corrected chi connectivity index (χ1v) is 10.8. The molecule has 0 spiro atoms. The van der Waals surface area contributed by atoms with E-state index >= 15 is 0 Å². The number of halogens is 1. The van der Waals surface area contributed by atoms with Crippen LogP contribution in [0, 0.1) is 5.82 Å². The van der Waals surface area contributed by atoms with Crippen molar-refractivity contribution in [3.05, 3.63) is 58.6 Å². The Morgan fingerprint density at radius 3 is 2.64 bits per heavy atom. The molecule has 2 aromatic carbocycles. The Hall–Kier alpha value is -3.72. The van der Waals surface area contributed by atoms with Crippen molar-refractivity contribution >= 4 is 16.6 Å². The number of aromatic nitrogens is 3. The van der Waals surface area contributed by atoms with Gasteiger partial charge < -0.3 is 23.5 Å². The predicted molar refractivity (Wildman–Crippen MR) is 122 cm³/mol. The van der Waals surface area contributed by atoms with Gasteiger partial charge in [-0.3, -0.25) is 4.79 Å². The summed E-state index contributed by atoms with van der Waals surface area (Å²) in [5.74, 6) is 0.731. The van der Waals surface area contributed by atoms with Crippen molar-refractivity contribution in [2.75, 3.05) is 37.8 Å². The monoisotopic (exact) mass is 450 g/mol. The average Bonchev–Trinajstić information content (AvgIpc) is 3.32. The summed E-state index contributed by atoms with van der Waals surface area (Å²) < 4.78 is 32.9. The Bertz CT molecular complexity index is 1360. The molecule has 0 bridgehead atoms. The van der Waals surface area contributed by atoms with E-state index in [0.717, 1.165) is 11.3 Å². The minimum atomic E-state index is -0.445. The van der Waals surface area contributed by atoms with Crippen molar-refractivity contribution in [2.45, 2.75) is 6.92 Å². The molecule has 0 amide bonds. The van der Waals surface area contributed by atoms with E-state index in [-0.39, 0.29) is 22.3 Å². The molecule has 1 fully saturated rings. The van der Waals surface area contributed by atoms with E-state index in [1.54, 1.807) is 23.9 Å². The summed E-state index contributed by atoms with van der Waals surface area (Å²) in [5, 5.41) is 4.27. The zero-order valence-corrected chi connectivity index (χ0v) is 18.4. The Morgan fingerprint density at radius 2 is 1.91 bits per heavy atom. The van der Waals surface area contributed by atoms with E-state index in [4.69, 9.17) is 14.0 Å². The number of morpholine rings is 1. The third-order valence-electron chi connectivity index (χ3n) is 5.69. The molecule has 9 heteroatoms. The van der Waals surface area contributed by atoms with Crippen molar-refractivity contribution in [3.8, 4) is 28.6 Å². The molecule has 3 heterocycles. The maximum absolute atomic E-state index is 15.0. The molecule has 5 rings (SSSR count). The minimum Gasteiger partial charge on any atom is -0.494 e. The molecule has 8 nitrogen and oxygen atoms in total. The number of hydrogen-bond donors (Lipinski definition) is 0. The van der Waals surface area contributed by atoms with E-state index in [2.05, 4.69) is 10.1 Å². The van der Waals surface area contributed by atoms with Gasteiger partial charge in [-0.15, -0.1) is 0 Å². The van der Waals surface area contributed by atoms with Crippen LogP contribution in [-0.4, -0.2) is 47.6 Å².